The molecule has 3 nitrogen and oxygen atoms in total. The van der Waals surface area contributed by atoms with Crippen LogP contribution in [0, 0.1) is 5.82 Å². The molecule has 0 spiro atoms. The standard InChI is InChI=1S/C25H28FN3/c1-18(19-8-10-20(26)11-9-19)5-4-12-28-13-14-29-17-25-23(15-21(29)16-28)22-6-2-3-7-24(22)27-25/h2-3,5-11,21,27H,4,12-17H2,1H3/b18-5-. The molecule has 4 heteroatoms. The number of hydrogen-bond donors (Lipinski definition) is 1. The highest BCUT2D eigenvalue weighted by Crippen LogP contribution is 2.31. The quantitative estimate of drug-likeness (QED) is 0.690. The van der Waals surface area contributed by atoms with Crippen LogP contribution in [0.25, 0.3) is 16.5 Å². The van der Waals surface area contributed by atoms with Gasteiger partial charge in [-0.3, -0.25) is 4.90 Å². The topological polar surface area (TPSA) is 22.3 Å². The number of nitrogens with one attached hydrogen (secondary N) is 1. The Balaban J connectivity index is 1.22. The number of halogens is 1. The van der Waals surface area contributed by atoms with Gasteiger partial charge in [-0.1, -0.05) is 36.4 Å². The minimum absolute atomic E-state index is 0.176. The number of H-pyrrole nitrogens is 1. The number of benzene rings is 2. The second-order valence-electron chi connectivity index (χ2n) is 8.44. The van der Waals surface area contributed by atoms with E-state index < -0.39 is 0 Å². The largest absolute Gasteiger partial charge is 0.357 e. The summed E-state index contributed by atoms with van der Waals surface area (Å²) >= 11 is 0. The van der Waals surface area contributed by atoms with Crippen molar-refractivity contribution in [2.45, 2.75) is 32.4 Å². The van der Waals surface area contributed by atoms with Gasteiger partial charge in [0, 0.05) is 55.4 Å². The maximum absolute atomic E-state index is 13.1. The normalized spacial score (nSPS) is 20.6. The fourth-order valence-electron chi connectivity index (χ4n) is 4.92. The van der Waals surface area contributed by atoms with Crippen LogP contribution < -0.4 is 0 Å². The molecule has 3 aromatic rings. The van der Waals surface area contributed by atoms with Crippen molar-refractivity contribution in [1.29, 1.82) is 0 Å². The summed E-state index contributed by atoms with van der Waals surface area (Å²) < 4.78 is 13.1. The average molecular weight is 390 g/mol. The van der Waals surface area contributed by atoms with Crippen molar-refractivity contribution in [1.82, 2.24) is 14.8 Å². The zero-order valence-corrected chi connectivity index (χ0v) is 17.0. The Kier molecular flexibility index (Phi) is 4.98. The number of nitrogens with zero attached hydrogens (tertiary/aromatic N) is 2. The Morgan fingerprint density at radius 3 is 2.83 bits per heavy atom. The molecule has 2 aliphatic heterocycles. The zero-order chi connectivity index (χ0) is 19.8. The third-order valence-corrected chi connectivity index (χ3v) is 6.59. The van der Waals surface area contributed by atoms with Crippen molar-refractivity contribution in [3.8, 4) is 0 Å². The third kappa shape index (κ3) is 3.75. The van der Waals surface area contributed by atoms with Gasteiger partial charge >= 0.3 is 0 Å². The summed E-state index contributed by atoms with van der Waals surface area (Å²) in [7, 11) is 0. The fourth-order valence-corrected chi connectivity index (χ4v) is 4.92. The van der Waals surface area contributed by atoms with E-state index in [0.717, 1.165) is 51.1 Å². The molecule has 0 aliphatic carbocycles. The number of para-hydroxylation sites is 1. The van der Waals surface area contributed by atoms with Gasteiger partial charge in [0.2, 0.25) is 0 Å². The van der Waals surface area contributed by atoms with Crippen molar-refractivity contribution in [2.24, 2.45) is 0 Å². The SMILES string of the molecule is C/C(=C/CCN1CCN2Cc3[nH]c4ccccc4c3CC2C1)c1ccc(F)cc1. The lowest BCUT2D eigenvalue weighted by Crippen LogP contribution is -2.55. The van der Waals surface area contributed by atoms with E-state index in [1.165, 1.54) is 39.9 Å². The number of aromatic amines is 1. The van der Waals surface area contributed by atoms with Crippen LogP contribution in [0.2, 0.25) is 0 Å². The lowest BCUT2D eigenvalue weighted by molar-refractivity contribution is 0.0611. The lowest BCUT2D eigenvalue weighted by Gasteiger charge is -2.44. The number of rotatable bonds is 4. The molecule has 1 unspecified atom stereocenters. The second kappa shape index (κ2) is 7.77. The number of piperazine rings is 1. The predicted octanol–water partition coefficient (Wildman–Crippen LogP) is 4.84. The highest BCUT2D eigenvalue weighted by Gasteiger charge is 2.32. The average Bonchev–Trinajstić information content (AvgIpc) is 3.10. The number of allylic oxidation sites excluding steroid dienone is 1. The molecular formula is C25H28FN3. The monoisotopic (exact) mass is 389 g/mol. The highest BCUT2D eigenvalue weighted by molar-refractivity contribution is 5.84. The van der Waals surface area contributed by atoms with Crippen molar-refractivity contribution < 1.29 is 4.39 Å². The molecule has 1 saturated heterocycles. The Hall–Kier alpha value is -2.43. The van der Waals surface area contributed by atoms with E-state index in [2.05, 4.69) is 52.0 Å². The predicted molar refractivity (Wildman–Crippen MR) is 117 cm³/mol. The maximum atomic E-state index is 13.1. The molecule has 5 rings (SSSR count). The summed E-state index contributed by atoms with van der Waals surface area (Å²) in [6.07, 6.45) is 4.47. The van der Waals surface area contributed by atoms with E-state index in [9.17, 15) is 4.39 Å². The van der Waals surface area contributed by atoms with Gasteiger partial charge in [-0.15, -0.1) is 0 Å². The molecule has 0 radical (unpaired) electrons. The van der Waals surface area contributed by atoms with Gasteiger partial charge in [0.25, 0.3) is 0 Å². The summed E-state index contributed by atoms with van der Waals surface area (Å²) in [6, 6.07) is 16.1. The molecule has 1 aromatic heterocycles. The first-order chi connectivity index (χ1) is 14.2. The first kappa shape index (κ1) is 18.6. The Morgan fingerprint density at radius 1 is 1.14 bits per heavy atom. The van der Waals surface area contributed by atoms with Crippen LogP contribution in [0.1, 0.15) is 30.2 Å². The minimum Gasteiger partial charge on any atom is -0.357 e. The first-order valence-corrected chi connectivity index (χ1v) is 10.6. The van der Waals surface area contributed by atoms with Crippen LogP contribution in [-0.2, 0) is 13.0 Å². The van der Waals surface area contributed by atoms with Crippen molar-refractivity contribution >= 4 is 16.5 Å². The minimum atomic E-state index is -0.176. The van der Waals surface area contributed by atoms with E-state index in [4.69, 9.17) is 0 Å². The molecule has 0 bridgehead atoms. The lowest BCUT2D eigenvalue weighted by atomic mass is 9.94. The molecule has 3 heterocycles. The van der Waals surface area contributed by atoms with Gasteiger partial charge in [0.1, 0.15) is 5.82 Å². The number of aromatic nitrogens is 1. The molecular weight excluding hydrogens is 361 g/mol. The van der Waals surface area contributed by atoms with Crippen molar-refractivity contribution in [2.75, 3.05) is 26.2 Å². The van der Waals surface area contributed by atoms with E-state index in [0.29, 0.717) is 6.04 Å². The smallest absolute Gasteiger partial charge is 0.123 e. The third-order valence-electron chi connectivity index (χ3n) is 6.59. The zero-order valence-electron chi connectivity index (χ0n) is 17.0. The molecule has 29 heavy (non-hydrogen) atoms. The van der Waals surface area contributed by atoms with Crippen LogP contribution in [0.3, 0.4) is 0 Å². The van der Waals surface area contributed by atoms with Gasteiger partial charge in [-0.2, -0.15) is 0 Å². The van der Waals surface area contributed by atoms with Crippen LogP contribution in [-0.4, -0.2) is 47.0 Å². The van der Waals surface area contributed by atoms with Crippen molar-refractivity contribution in [3.05, 3.63) is 77.2 Å². The van der Waals surface area contributed by atoms with Gasteiger partial charge < -0.3 is 9.88 Å². The number of hydrogen-bond acceptors (Lipinski definition) is 2. The van der Waals surface area contributed by atoms with E-state index in [1.807, 2.05) is 12.1 Å². The summed E-state index contributed by atoms with van der Waals surface area (Å²) in [5.74, 6) is -0.176. The molecule has 2 aromatic carbocycles. The van der Waals surface area contributed by atoms with Gasteiger partial charge in [0.05, 0.1) is 0 Å². The van der Waals surface area contributed by atoms with Crippen LogP contribution in [0.4, 0.5) is 4.39 Å². The Bertz CT molecular complexity index is 1030. The molecule has 1 fully saturated rings. The number of fused-ring (bicyclic) bond motifs is 4. The Morgan fingerprint density at radius 2 is 1.97 bits per heavy atom. The van der Waals surface area contributed by atoms with Crippen LogP contribution in [0.5, 0.6) is 0 Å². The van der Waals surface area contributed by atoms with E-state index in [1.54, 1.807) is 0 Å². The Labute approximate surface area is 171 Å². The van der Waals surface area contributed by atoms with Gasteiger partial charge in [-0.25, -0.2) is 4.39 Å². The molecule has 0 saturated carbocycles. The summed E-state index contributed by atoms with van der Waals surface area (Å²) in [5.41, 5.74) is 6.54. The molecule has 2 aliphatic rings. The van der Waals surface area contributed by atoms with E-state index in [-0.39, 0.29) is 5.82 Å². The first-order valence-electron chi connectivity index (χ1n) is 10.6. The van der Waals surface area contributed by atoms with Crippen LogP contribution in [0.15, 0.2) is 54.6 Å². The summed E-state index contributed by atoms with van der Waals surface area (Å²) in [4.78, 5) is 8.89. The summed E-state index contributed by atoms with van der Waals surface area (Å²) in [5, 5.41) is 1.40. The molecule has 1 atom stereocenters. The van der Waals surface area contributed by atoms with Crippen LogP contribution >= 0.6 is 0 Å². The highest BCUT2D eigenvalue weighted by atomic mass is 19.1. The molecule has 0 amide bonds. The molecule has 1 N–H and O–H groups in total. The maximum Gasteiger partial charge on any atom is 0.123 e. The van der Waals surface area contributed by atoms with Crippen molar-refractivity contribution in [3.63, 3.8) is 0 Å². The molecule has 150 valence electrons. The van der Waals surface area contributed by atoms with Gasteiger partial charge in [-0.05, 0) is 54.7 Å². The second-order valence-corrected chi connectivity index (χ2v) is 8.44. The summed E-state index contributed by atoms with van der Waals surface area (Å²) in [6.45, 7) is 7.67. The van der Waals surface area contributed by atoms with Gasteiger partial charge in [0.15, 0.2) is 0 Å². The fraction of sp³-hybridized carbons (Fsp3) is 0.360. The van der Waals surface area contributed by atoms with E-state index >= 15 is 0 Å².